The van der Waals surface area contributed by atoms with E-state index in [4.69, 9.17) is 14.7 Å². The number of fused-ring (bicyclic) bond motifs is 1. The zero-order chi connectivity index (χ0) is 23.3. The van der Waals surface area contributed by atoms with Crippen LogP contribution in [0, 0.1) is 0 Å². The lowest BCUT2D eigenvalue weighted by Gasteiger charge is -2.28. The summed E-state index contributed by atoms with van der Waals surface area (Å²) < 4.78 is 20.9. The van der Waals surface area contributed by atoms with Crippen LogP contribution in [0.5, 0.6) is 0 Å². The van der Waals surface area contributed by atoms with Gasteiger partial charge in [-0.25, -0.2) is 14.4 Å². The second-order valence-corrected chi connectivity index (χ2v) is 9.69. The number of aromatic nitrogens is 2. The first-order valence-electron chi connectivity index (χ1n) is 11.9. The largest absolute Gasteiger partial charge is 0.394 e. The minimum absolute atomic E-state index is 0.311. The van der Waals surface area contributed by atoms with Gasteiger partial charge in [0, 0.05) is 57.7 Å². The highest BCUT2D eigenvalue weighted by atomic mass is 32.1. The van der Waals surface area contributed by atoms with Crippen molar-refractivity contribution in [1.29, 1.82) is 0 Å². The second-order valence-electron chi connectivity index (χ2n) is 8.57. The van der Waals surface area contributed by atoms with Crippen LogP contribution in [0.1, 0.15) is 17.1 Å². The van der Waals surface area contributed by atoms with E-state index in [0.29, 0.717) is 31.0 Å². The van der Waals surface area contributed by atoms with Crippen LogP contribution in [0.4, 0.5) is 10.2 Å². The highest BCUT2D eigenvalue weighted by Crippen LogP contribution is 2.36. The highest BCUT2D eigenvalue weighted by Gasteiger charge is 2.24. The molecule has 5 rings (SSSR count). The fraction of sp³-hybridized carbons (Fsp3) is 0.440. The van der Waals surface area contributed by atoms with Crippen LogP contribution in [-0.4, -0.2) is 74.4 Å². The third-order valence-electron chi connectivity index (χ3n) is 6.24. The average Bonchev–Trinajstić information content (AvgIpc) is 3.17. The lowest BCUT2D eigenvalue weighted by atomic mass is 10.0. The normalized spacial score (nSPS) is 20.3. The van der Waals surface area contributed by atoms with Crippen molar-refractivity contribution in [1.82, 2.24) is 25.5 Å². The minimum atomic E-state index is -0.311. The Morgan fingerprint density at radius 3 is 2.82 bits per heavy atom. The van der Waals surface area contributed by atoms with Crippen molar-refractivity contribution in [2.45, 2.75) is 13.0 Å². The lowest BCUT2D eigenvalue weighted by Crippen LogP contribution is -2.42. The Bertz CT molecular complexity index is 1140. The summed E-state index contributed by atoms with van der Waals surface area (Å²) in [6.07, 6.45) is 9.72. The first kappa shape index (κ1) is 23.2. The SMILES string of the molecule is CN/C=C\C1=CCC=CC(F)=C1c1nc(N2CCOCC2)c2cc(CN3CCNCC3)sc2n1. The Kier molecular flexibility index (Phi) is 7.34. The molecule has 34 heavy (non-hydrogen) atoms. The first-order chi connectivity index (χ1) is 16.7. The van der Waals surface area contributed by atoms with E-state index < -0.39 is 0 Å². The van der Waals surface area contributed by atoms with Crippen LogP contribution >= 0.6 is 11.3 Å². The molecule has 0 aromatic carbocycles. The molecular formula is C25H31FN6OS. The molecule has 0 unspecified atom stereocenters. The number of thiophene rings is 1. The van der Waals surface area contributed by atoms with E-state index in [0.717, 1.165) is 67.4 Å². The number of piperazine rings is 1. The van der Waals surface area contributed by atoms with Crippen molar-refractivity contribution >= 4 is 32.9 Å². The summed E-state index contributed by atoms with van der Waals surface area (Å²) in [5.74, 6) is 0.992. The molecule has 2 aromatic heterocycles. The van der Waals surface area contributed by atoms with Crippen LogP contribution in [0.3, 0.4) is 0 Å². The van der Waals surface area contributed by atoms with Gasteiger partial charge in [0.25, 0.3) is 0 Å². The molecule has 2 saturated heterocycles. The zero-order valence-electron chi connectivity index (χ0n) is 19.5. The summed E-state index contributed by atoms with van der Waals surface area (Å²) in [6.45, 7) is 7.86. The molecule has 2 fully saturated rings. The van der Waals surface area contributed by atoms with Crippen LogP contribution in [0.15, 0.2) is 48.0 Å². The summed E-state index contributed by atoms with van der Waals surface area (Å²) in [4.78, 5) is 16.8. The number of allylic oxidation sites excluding steroid dienone is 7. The van der Waals surface area contributed by atoms with E-state index in [9.17, 15) is 0 Å². The van der Waals surface area contributed by atoms with Crippen molar-refractivity contribution in [2.75, 3.05) is 64.4 Å². The third kappa shape index (κ3) is 5.07. The highest BCUT2D eigenvalue weighted by molar-refractivity contribution is 7.18. The van der Waals surface area contributed by atoms with Crippen molar-refractivity contribution in [2.24, 2.45) is 0 Å². The molecule has 2 aromatic rings. The fourth-order valence-corrected chi connectivity index (χ4v) is 5.57. The topological polar surface area (TPSA) is 65.6 Å². The van der Waals surface area contributed by atoms with Crippen molar-refractivity contribution < 1.29 is 9.13 Å². The molecule has 180 valence electrons. The van der Waals surface area contributed by atoms with Gasteiger partial charge in [-0.2, -0.15) is 0 Å². The van der Waals surface area contributed by atoms with E-state index in [1.54, 1.807) is 11.3 Å². The predicted octanol–water partition coefficient (Wildman–Crippen LogP) is 3.23. The van der Waals surface area contributed by atoms with Crippen LogP contribution in [0.25, 0.3) is 15.8 Å². The summed E-state index contributed by atoms with van der Waals surface area (Å²) in [7, 11) is 1.83. The van der Waals surface area contributed by atoms with Gasteiger partial charge in [0.1, 0.15) is 16.5 Å². The number of hydrogen-bond donors (Lipinski definition) is 2. The van der Waals surface area contributed by atoms with E-state index >= 15 is 4.39 Å². The van der Waals surface area contributed by atoms with Gasteiger partial charge in [-0.3, -0.25) is 4.90 Å². The number of anilines is 1. The summed E-state index contributed by atoms with van der Waals surface area (Å²) in [5, 5.41) is 7.45. The number of morpholine rings is 1. The molecule has 1 aliphatic carbocycles. The van der Waals surface area contributed by atoms with Gasteiger partial charge in [-0.1, -0.05) is 12.2 Å². The number of rotatable bonds is 6. The van der Waals surface area contributed by atoms with Gasteiger partial charge in [0.2, 0.25) is 0 Å². The molecule has 7 nitrogen and oxygen atoms in total. The molecule has 4 heterocycles. The standard InChI is InChI=1S/C25H31FN6OS/c1-27-7-6-18-4-2-3-5-21(26)22(18)23-29-24(32-12-14-33-15-13-32)20-16-19(34-25(20)30-23)17-31-10-8-28-9-11-31/h3-7,16,27-28H,2,8-15,17H2,1H3/b7-6-. The third-order valence-corrected chi connectivity index (χ3v) is 7.26. The smallest absolute Gasteiger partial charge is 0.166 e. The maximum Gasteiger partial charge on any atom is 0.166 e. The maximum absolute atomic E-state index is 15.3. The molecule has 0 amide bonds. The molecule has 0 radical (unpaired) electrons. The summed E-state index contributed by atoms with van der Waals surface area (Å²) in [5.41, 5.74) is 1.22. The quantitative estimate of drug-likeness (QED) is 0.655. The molecule has 9 heteroatoms. The molecule has 2 N–H and O–H groups in total. The Hall–Kier alpha value is -2.59. The Morgan fingerprint density at radius 1 is 1.21 bits per heavy atom. The van der Waals surface area contributed by atoms with Crippen molar-refractivity contribution in [3.05, 3.63) is 58.7 Å². The minimum Gasteiger partial charge on any atom is -0.394 e. The van der Waals surface area contributed by atoms with Gasteiger partial charge >= 0.3 is 0 Å². The predicted molar refractivity (Wildman–Crippen MR) is 137 cm³/mol. The van der Waals surface area contributed by atoms with Crippen molar-refractivity contribution in [3.8, 4) is 0 Å². The number of hydrogen-bond acceptors (Lipinski definition) is 8. The molecule has 0 bridgehead atoms. The zero-order valence-corrected chi connectivity index (χ0v) is 20.3. The molecule has 0 saturated carbocycles. The van der Waals surface area contributed by atoms with E-state index in [1.165, 1.54) is 11.0 Å². The monoisotopic (exact) mass is 482 g/mol. The summed E-state index contributed by atoms with van der Waals surface area (Å²) >= 11 is 1.69. The number of halogens is 1. The van der Waals surface area contributed by atoms with Crippen LogP contribution < -0.4 is 15.5 Å². The molecule has 3 aliphatic rings. The Morgan fingerprint density at radius 2 is 2.03 bits per heavy atom. The molecular weight excluding hydrogens is 451 g/mol. The molecule has 0 spiro atoms. The van der Waals surface area contributed by atoms with Crippen molar-refractivity contribution in [3.63, 3.8) is 0 Å². The van der Waals surface area contributed by atoms with Crippen LogP contribution in [0.2, 0.25) is 0 Å². The van der Waals surface area contributed by atoms with Gasteiger partial charge in [-0.05, 0) is 36.4 Å². The average molecular weight is 483 g/mol. The van der Waals surface area contributed by atoms with Gasteiger partial charge in [0.05, 0.1) is 24.2 Å². The number of ether oxygens (including phenoxy) is 1. The molecule has 2 aliphatic heterocycles. The lowest BCUT2D eigenvalue weighted by molar-refractivity contribution is 0.122. The van der Waals surface area contributed by atoms with Gasteiger partial charge in [-0.15, -0.1) is 11.3 Å². The Balaban J connectivity index is 1.60. The van der Waals surface area contributed by atoms with Gasteiger partial charge < -0.3 is 20.3 Å². The second kappa shape index (κ2) is 10.8. The molecule has 0 atom stereocenters. The Labute approximate surface area is 203 Å². The first-order valence-corrected chi connectivity index (χ1v) is 12.7. The number of nitrogens with one attached hydrogen (secondary N) is 2. The van der Waals surface area contributed by atoms with E-state index in [-0.39, 0.29) is 5.83 Å². The number of nitrogens with zero attached hydrogens (tertiary/aromatic N) is 4. The summed E-state index contributed by atoms with van der Waals surface area (Å²) in [6, 6.07) is 2.23. The van der Waals surface area contributed by atoms with Gasteiger partial charge in [0.15, 0.2) is 5.82 Å². The fourth-order valence-electron chi connectivity index (χ4n) is 4.50. The maximum atomic E-state index is 15.3. The van der Waals surface area contributed by atoms with E-state index in [1.807, 2.05) is 31.5 Å². The van der Waals surface area contributed by atoms with E-state index in [2.05, 4.69) is 26.5 Å². The van der Waals surface area contributed by atoms with Crippen LogP contribution in [-0.2, 0) is 11.3 Å².